The molecule has 1 saturated heterocycles. The van der Waals surface area contributed by atoms with Crippen molar-refractivity contribution >= 4 is 17.7 Å². The number of hydrogen-bond donors (Lipinski definition) is 3. The molecule has 0 bridgehead atoms. The predicted molar refractivity (Wildman–Crippen MR) is 80.0 cm³/mol. The van der Waals surface area contributed by atoms with Gasteiger partial charge in [0.25, 0.3) is 0 Å². The lowest BCUT2D eigenvalue weighted by Crippen LogP contribution is -2.62. The molecular formula is C15H26N2O5. The van der Waals surface area contributed by atoms with Crippen LogP contribution in [0.1, 0.15) is 46.5 Å². The first-order chi connectivity index (χ1) is 10.2. The molecule has 0 aromatic carbocycles. The number of hydrogen-bond acceptors (Lipinski definition) is 5. The van der Waals surface area contributed by atoms with Gasteiger partial charge in [-0.2, -0.15) is 0 Å². The lowest BCUT2D eigenvalue weighted by atomic mass is 9.86. The zero-order valence-corrected chi connectivity index (χ0v) is 13.4. The van der Waals surface area contributed by atoms with Gasteiger partial charge in [-0.3, -0.25) is 9.59 Å². The summed E-state index contributed by atoms with van der Waals surface area (Å²) in [5.74, 6) is -2.60. The molecule has 22 heavy (non-hydrogen) atoms. The summed E-state index contributed by atoms with van der Waals surface area (Å²) in [5, 5.41) is 19.0. The molecule has 126 valence electrons. The Labute approximate surface area is 130 Å². The smallest absolute Gasteiger partial charge is 0.337 e. The molecule has 0 aromatic heterocycles. The molecule has 1 rings (SSSR count). The zero-order chi connectivity index (χ0) is 17.1. The molecule has 0 radical (unpaired) electrons. The summed E-state index contributed by atoms with van der Waals surface area (Å²) in [6.45, 7) is 5.32. The van der Waals surface area contributed by atoms with Crippen LogP contribution in [0.4, 0.5) is 0 Å². The fraction of sp³-hybridized carbons (Fsp3) is 0.800. The van der Waals surface area contributed by atoms with Gasteiger partial charge in [-0.1, -0.05) is 20.3 Å². The third kappa shape index (κ3) is 3.30. The number of Topliss-reactive ketones (excluding diaryl/α,β-unsaturated/α-hetero) is 1. The van der Waals surface area contributed by atoms with E-state index in [2.05, 4.69) is 0 Å². The van der Waals surface area contributed by atoms with Crippen LogP contribution in [0.15, 0.2) is 0 Å². The Morgan fingerprint density at radius 3 is 2.36 bits per heavy atom. The molecule has 4 N–H and O–H groups in total. The van der Waals surface area contributed by atoms with Crippen molar-refractivity contribution in [1.29, 1.82) is 0 Å². The van der Waals surface area contributed by atoms with Crippen molar-refractivity contribution in [3.8, 4) is 0 Å². The maximum absolute atomic E-state index is 12.6. The van der Waals surface area contributed by atoms with Crippen LogP contribution in [0.25, 0.3) is 0 Å². The quantitative estimate of drug-likeness (QED) is 0.575. The summed E-state index contributed by atoms with van der Waals surface area (Å²) in [5.41, 5.74) is 4.04. The number of carbonyl (C=O) groups is 3. The molecule has 1 fully saturated rings. The summed E-state index contributed by atoms with van der Waals surface area (Å²) >= 11 is 0. The summed E-state index contributed by atoms with van der Waals surface area (Å²) < 4.78 is 0. The average molecular weight is 314 g/mol. The fourth-order valence-corrected chi connectivity index (χ4v) is 2.86. The van der Waals surface area contributed by atoms with E-state index in [1.165, 1.54) is 6.92 Å². The fourth-order valence-electron chi connectivity index (χ4n) is 2.86. The van der Waals surface area contributed by atoms with Crippen LogP contribution < -0.4 is 5.73 Å². The second-order valence-electron chi connectivity index (χ2n) is 6.15. The van der Waals surface area contributed by atoms with Crippen LogP contribution in [-0.2, 0) is 14.4 Å². The highest BCUT2D eigenvalue weighted by Gasteiger charge is 2.56. The molecular weight excluding hydrogens is 288 g/mol. The van der Waals surface area contributed by atoms with Crippen LogP contribution in [0, 0.1) is 5.92 Å². The van der Waals surface area contributed by atoms with Crippen LogP contribution >= 0.6 is 0 Å². The van der Waals surface area contributed by atoms with Gasteiger partial charge >= 0.3 is 5.97 Å². The van der Waals surface area contributed by atoms with Gasteiger partial charge in [0.1, 0.15) is 0 Å². The number of nitrogens with zero attached hydrogens (tertiary/aromatic N) is 1. The molecule has 0 aromatic rings. The first kappa shape index (κ1) is 18.6. The lowest BCUT2D eigenvalue weighted by Gasteiger charge is -2.36. The number of aliphatic carboxylic acids is 1. The third-order valence-corrected chi connectivity index (χ3v) is 4.49. The van der Waals surface area contributed by atoms with Gasteiger partial charge in [0.05, 0.1) is 12.1 Å². The minimum absolute atomic E-state index is 0.0624. The number of likely N-dealkylation sites (tertiary alicyclic amines) is 1. The first-order valence-corrected chi connectivity index (χ1v) is 7.70. The average Bonchev–Trinajstić information content (AvgIpc) is 2.89. The molecule has 0 saturated carbocycles. The molecule has 1 aliphatic rings. The summed E-state index contributed by atoms with van der Waals surface area (Å²) in [4.78, 5) is 37.9. The van der Waals surface area contributed by atoms with Gasteiger partial charge < -0.3 is 20.8 Å². The Morgan fingerprint density at radius 2 is 1.91 bits per heavy atom. The van der Waals surface area contributed by atoms with Gasteiger partial charge in [-0.05, 0) is 25.7 Å². The van der Waals surface area contributed by atoms with Crippen molar-refractivity contribution in [1.82, 2.24) is 4.90 Å². The number of carboxylic acid groups (broad SMARTS) is 1. The standard InChI is InChI=1S/C15H26N2O5/c1-4-9(2)12(16)13(20)17-7-5-6-15(17,14(21)22)11(19)8-10(3)18/h9-10,12,18H,4-8,16H2,1-3H3,(H,21,22). The number of nitrogens with two attached hydrogens (primary N) is 1. The summed E-state index contributed by atoms with van der Waals surface area (Å²) in [7, 11) is 0. The Balaban J connectivity index is 3.13. The second-order valence-corrected chi connectivity index (χ2v) is 6.15. The highest BCUT2D eigenvalue weighted by Crippen LogP contribution is 2.33. The Hall–Kier alpha value is -1.47. The van der Waals surface area contributed by atoms with Crippen molar-refractivity contribution in [2.45, 2.75) is 64.1 Å². The molecule has 0 aliphatic carbocycles. The number of ketones is 1. The molecule has 1 aliphatic heterocycles. The SMILES string of the molecule is CCC(C)C(N)C(=O)N1CCCC1(C(=O)O)C(=O)CC(C)O. The second kappa shape index (κ2) is 7.19. The number of aliphatic hydroxyl groups is 1. The van der Waals surface area contributed by atoms with Crippen molar-refractivity contribution in [2.75, 3.05) is 6.54 Å². The minimum Gasteiger partial charge on any atom is -0.479 e. The van der Waals surface area contributed by atoms with E-state index in [-0.39, 0.29) is 25.3 Å². The zero-order valence-electron chi connectivity index (χ0n) is 13.4. The molecule has 7 heteroatoms. The number of amides is 1. The van der Waals surface area contributed by atoms with Crippen LogP contribution in [0.2, 0.25) is 0 Å². The van der Waals surface area contributed by atoms with Gasteiger partial charge in [0, 0.05) is 13.0 Å². The molecule has 4 atom stereocenters. The predicted octanol–water partition coefficient (Wildman–Crippen LogP) is 0.146. The van der Waals surface area contributed by atoms with Gasteiger partial charge in [-0.25, -0.2) is 4.79 Å². The maximum atomic E-state index is 12.6. The molecule has 7 nitrogen and oxygen atoms in total. The van der Waals surface area contributed by atoms with Crippen LogP contribution in [0.5, 0.6) is 0 Å². The largest absolute Gasteiger partial charge is 0.479 e. The van der Waals surface area contributed by atoms with Gasteiger partial charge in [0.2, 0.25) is 5.91 Å². The summed E-state index contributed by atoms with van der Waals surface area (Å²) in [6, 6.07) is -0.832. The highest BCUT2D eigenvalue weighted by atomic mass is 16.4. The lowest BCUT2D eigenvalue weighted by molar-refractivity contribution is -0.163. The normalized spacial score (nSPS) is 25.6. The molecule has 4 unspecified atom stereocenters. The Morgan fingerprint density at radius 1 is 1.32 bits per heavy atom. The Kier molecular flexibility index (Phi) is 6.08. The van der Waals surface area contributed by atoms with Crippen molar-refractivity contribution in [3.63, 3.8) is 0 Å². The number of carboxylic acids is 1. The van der Waals surface area contributed by atoms with E-state index in [9.17, 15) is 24.6 Å². The van der Waals surface area contributed by atoms with Crippen molar-refractivity contribution < 1.29 is 24.6 Å². The van der Waals surface area contributed by atoms with Crippen molar-refractivity contribution in [2.24, 2.45) is 11.7 Å². The van der Waals surface area contributed by atoms with E-state index in [4.69, 9.17) is 5.73 Å². The minimum atomic E-state index is -1.89. The number of rotatable bonds is 7. The van der Waals surface area contributed by atoms with E-state index in [0.717, 1.165) is 4.90 Å². The summed E-state index contributed by atoms with van der Waals surface area (Å²) in [6.07, 6.45) is -0.0784. The molecule has 1 heterocycles. The van der Waals surface area contributed by atoms with Crippen molar-refractivity contribution in [3.05, 3.63) is 0 Å². The van der Waals surface area contributed by atoms with E-state index in [1.54, 1.807) is 0 Å². The monoisotopic (exact) mass is 314 g/mol. The van der Waals surface area contributed by atoms with E-state index < -0.39 is 35.3 Å². The van der Waals surface area contributed by atoms with E-state index in [0.29, 0.717) is 12.8 Å². The third-order valence-electron chi connectivity index (χ3n) is 4.49. The van der Waals surface area contributed by atoms with Gasteiger partial charge in [0.15, 0.2) is 11.3 Å². The first-order valence-electron chi connectivity index (χ1n) is 7.70. The van der Waals surface area contributed by atoms with Crippen LogP contribution in [-0.4, -0.2) is 57.0 Å². The van der Waals surface area contributed by atoms with Gasteiger partial charge in [-0.15, -0.1) is 0 Å². The number of carbonyl (C=O) groups excluding carboxylic acids is 2. The molecule has 1 amide bonds. The maximum Gasteiger partial charge on any atom is 0.337 e. The molecule has 0 spiro atoms. The van der Waals surface area contributed by atoms with Crippen LogP contribution in [0.3, 0.4) is 0 Å². The topological polar surface area (TPSA) is 121 Å². The Bertz CT molecular complexity index is 451. The van der Waals surface area contributed by atoms with E-state index >= 15 is 0 Å². The van der Waals surface area contributed by atoms with E-state index in [1.807, 2.05) is 13.8 Å². The number of aliphatic hydroxyl groups excluding tert-OH is 1. The highest BCUT2D eigenvalue weighted by molar-refractivity contribution is 6.11.